The smallest absolute Gasteiger partial charge is 0.261 e. The van der Waals surface area contributed by atoms with Crippen LogP contribution in [0, 0.1) is 0 Å². The van der Waals surface area contributed by atoms with E-state index in [1.54, 1.807) is 7.05 Å². The van der Waals surface area contributed by atoms with Crippen molar-refractivity contribution < 1.29 is 4.79 Å². The highest BCUT2D eigenvalue weighted by Crippen LogP contribution is 2.14. The van der Waals surface area contributed by atoms with Gasteiger partial charge in [-0.2, -0.15) is 0 Å². The fraction of sp³-hybridized carbons (Fsp3) is 0.455. The summed E-state index contributed by atoms with van der Waals surface area (Å²) in [6.07, 6.45) is 0.631. The Morgan fingerprint density at radius 3 is 2.62 bits per heavy atom. The molecule has 1 aromatic heterocycles. The Bertz CT molecular complexity index is 454. The van der Waals surface area contributed by atoms with E-state index in [0.717, 1.165) is 0 Å². The number of halogens is 1. The van der Waals surface area contributed by atoms with Gasteiger partial charge in [-0.15, -0.1) is 0 Å². The highest BCUT2D eigenvalue weighted by Gasteiger charge is 2.16. The van der Waals surface area contributed by atoms with Gasteiger partial charge in [-0.1, -0.05) is 18.5 Å². The van der Waals surface area contributed by atoms with Crippen LogP contribution in [-0.2, 0) is 6.42 Å². The minimum atomic E-state index is -0.383. The summed E-state index contributed by atoms with van der Waals surface area (Å²) in [4.78, 5) is 27.5. The van der Waals surface area contributed by atoms with Crippen LogP contribution in [0.2, 0.25) is 5.02 Å². The molecule has 88 valence electrons. The Morgan fingerprint density at radius 1 is 1.50 bits per heavy atom. The average Bonchev–Trinajstić information content (AvgIpc) is 2.29. The van der Waals surface area contributed by atoms with Crippen molar-refractivity contribution >= 4 is 17.5 Å². The number of aromatic amines is 1. The Balaban J connectivity index is 3.21. The third-order valence-corrected chi connectivity index (χ3v) is 2.81. The first-order chi connectivity index (χ1) is 7.51. The summed E-state index contributed by atoms with van der Waals surface area (Å²) in [5, 5.41) is 0.426. The number of nitrogens with one attached hydrogen (secondary N) is 1. The predicted molar refractivity (Wildman–Crippen MR) is 64.1 cm³/mol. The molecule has 0 radical (unpaired) electrons. The van der Waals surface area contributed by atoms with Gasteiger partial charge in [-0.25, -0.2) is 0 Å². The van der Waals surface area contributed by atoms with E-state index in [1.807, 2.05) is 13.8 Å². The van der Waals surface area contributed by atoms with Crippen molar-refractivity contribution in [3.63, 3.8) is 0 Å². The number of hydrogen-bond acceptors (Lipinski definition) is 2. The average molecular weight is 243 g/mol. The van der Waals surface area contributed by atoms with E-state index in [-0.39, 0.29) is 17.0 Å². The first-order valence-corrected chi connectivity index (χ1v) is 5.56. The summed E-state index contributed by atoms with van der Waals surface area (Å²) >= 11 is 5.95. The van der Waals surface area contributed by atoms with E-state index in [4.69, 9.17) is 11.6 Å². The number of amides is 1. The number of carbonyl (C=O) groups excluding carboxylic acids is 1. The largest absolute Gasteiger partial charge is 0.342 e. The van der Waals surface area contributed by atoms with Crippen molar-refractivity contribution in [2.24, 2.45) is 0 Å². The van der Waals surface area contributed by atoms with Crippen LogP contribution in [0.15, 0.2) is 10.9 Å². The quantitative estimate of drug-likeness (QED) is 0.877. The van der Waals surface area contributed by atoms with Gasteiger partial charge in [0, 0.05) is 19.3 Å². The molecular formula is C11H15ClN2O2. The zero-order valence-electron chi connectivity index (χ0n) is 9.63. The van der Waals surface area contributed by atoms with Crippen LogP contribution in [0.25, 0.3) is 0 Å². The molecule has 0 aliphatic rings. The molecule has 0 atom stereocenters. The molecule has 0 fully saturated rings. The second-order valence-electron chi connectivity index (χ2n) is 3.51. The molecule has 0 spiro atoms. The van der Waals surface area contributed by atoms with Gasteiger partial charge >= 0.3 is 0 Å². The van der Waals surface area contributed by atoms with Crippen molar-refractivity contribution in [1.29, 1.82) is 0 Å². The normalized spacial score (nSPS) is 10.2. The van der Waals surface area contributed by atoms with Crippen molar-refractivity contribution in [2.75, 3.05) is 13.6 Å². The number of aromatic nitrogens is 1. The highest BCUT2D eigenvalue weighted by atomic mass is 35.5. The molecule has 0 aliphatic heterocycles. The van der Waals surface area contributed by atoms with E-state index in [0.29, 0.717) is 23.7 Å². The third kappa shape index (κ3) is 2.44. The maximum Gasteiger partial charge on any atom is 0.261 e. The molecular weight excluding hydrogens is 228 g/mol. The summed E-state index contributed by atoms with van der Waals surface area (Å²) in [5.41, 5.74) is 0.362. The van der Waals surface area contributed by atoms with Gasteiger partial charge in [0.2, 0.25) is 0 Å². The molecule has 5 heteroatoms. The fourth-order valence-electron chi connectivity index (χ4n) is 1.31. The summed E-state index contributed by atoms with van der Waals surface area (Å²) < 4.78 is 0. The number of carbonyl (C=O) groups is 1. The first kappa shape index (κ1) is 12.8. The van der Waals surface area contributed by atoms with Crippen molar-refractivity contribution in [1.82, 2.24) is 9.88 Å². The number of hydrogen-bond donors (Lipinski definition) is 1. The molecule has 16 heavy (non-hydrogen) atoms. The molecule has 0 bridgehead atoms. The minimum absolute atomic E-state index is 0.0894. The lowest BCUT2D eigenvalue weighted by molar-refractivity contribution is 0.0800. The monoisotopic (exact) mass is 242 g/mol. The summed E-state index contributed by atoms with van der Waals surface area (Å²) in [7, 11) is 1.64. The molecule has 0 unspecified atom stereocenters. The second kappa shape index (κ2) is 5.16. The number of aryl methyl sites for hydroxylation is 1. The van der Waals surface area contributed by atoms with Crippen molar-refractivity contribution in [3.05, 3.63) is 32.7 Å². The highest BCUT2D eigenvalue weighted by molar-refractivity contribution is 6.31. The molecule has 4 nitrogen and oxygen atoms in total. The molecule has 0 aliphatic carbocycles. The van der Waals surface area contributed by atoms with Crippen LogP contribution in [0.4, 0.5) is 0 Å². The van der Waals surface area contributed by atoms with Gasteiger partial charge in [0.15, 0.2) is 0 Å². The van der Waals surface area contributed by atoms with E-state index in [2.05, 4.69) is 4.98 Å². The maximum atomic E-state index is 11.8. The van der Waals surface area contributed by atoms with Crippen LogP contribution in [0.1, 0.15) is 29.9 Å². The molecule has 0 aromatic carbocycles. The molecule has 0 saturated carbocycles. The van der Waals surface area contributed by atoms with Crippen molar-refractivity contribution in [3.8, 4) is 0 Å². The SMILES string of the molecule is CCc1[nH]c(=O)c(C(=O)N(C)CC)cc1Cl. The lowest BCUT2D eigenvalue weighted by Crippen LogP contribution is -2.31. The topological polar surface area (TPSA) is 53.2 Å². The van der Waals surface area contributed by atoms with Gasteiger partial charge < -0.3 is 9.88 Å². The van der Waals surface area contributed by atoms with Crippen LogP contribution >= 0.6 is 11.6 Å². The molecule has 1 heterocycles. The van der Waals surface area contributed by atoms with Gasteiger partial charge in [0.1, 0.15) is 5.56 Å². The van der Waals surface area contributed by atoms with Crippen LogP contribution in [0.5, 0.6) is 0 Å². The van der Waals surface area contributed by atoms with E-state index in [9.17, 15) is 9.59 Å². The summed E-state index contributed by atoms with van der Waals surface area (Å²) in [5.74, 6) is -0.312. The Morgan fingerprint density at radius 2 is 2.12 bits per heavy atom. The predicted octanol–water partition coefficient (Wildman–Crippen LogP) is 1.68. The molecule has 0 saturated heterocycles. The van der Waals surface area contributed by atoms with E-state index < -0.39 is 0 Å². The fourth-order valence-corrected chi connectivity index (χ4v) is 1.60. The van der Waals surface area contributed by atoms with Crippen molar-refractivity contribution in [2.45, 2.75) is 20.3 Å². The number of H-pyrrole nitrogens is 1. The Labute approximate surface area is 99.2 Å². The van der Waals surface area contributed by atoms with Gasteiger partial charge in [-0.05, 0) is 19.4 Å². The van der Waals surface area contributed by atoms with Gasteiger partial charge in [0.25, 0.3) is 11.5 Å². The molecule has 1 aromatic rings. The molecule has 1 rings (SSSR count). The number of nitrogens with zero attached hydrogens (tertiary/aromatic N) is 1. The third-order valence-electron chi connectivity index (χ3n) is 2.47. The van der Waals surface area contributed by atoms with E-state index in [1.165, 1.54) is 11.0 Å². The number of rotatable bonds is 3. The summed E-state index contributed by atoms with van der Waals surface area (Å²) in [6.45, 7) is 4.27. The second-order valence-corrected chi connectivity index (χ2v) is 3.92. The lowest BCUT2D eigenvalue weighted by Gasteiger charge is -2.14. The Kier molecular flexibility index (Phi) is 4.12. The van der Waals surface area contributed by atoms with Crippen LogP contribution < -0.4 is 5.56 Å². The van der Waals surface area contributed by atoms with Gasteiger partial charge in [0.05, 0.1) is 5.02 Å². The standard InChI is InChI=1S/C11H15ClN2O2/c1-4-9-8(12)6-7(10(15)13-9)11(16)14(3)5-2/h6H,4-5H2,1-3H3,(H,13,15). The van der Waals surface area contributed by atoms with Gasteiger partial charge in [-0.3, -0.25) is 9.59 Å². The van der Waals surface area contributed by atoms with Crippen LogP contribution in [-0.4, -0.2) is 29.4 Å². The van der Waals surface area contributed by atoms with E-state index >= 15 is 0 Å². The summed E-state index contributed by atoms with van der Waals surface area (Å²) in [6, 6.07) is 1.44. The first-order valence-electron chi connectivity index (χ1n) is 5.18. The van der Waals surface area contributed by atoms with Crippen LogP contribution in [0.3, 0.4) is 0 Å². The zero-order chi connectivity index (χ0) is 12.3. The number of pyridine rings is 1. The Hall–Kier alpha value is -1.29. The maximum absolute atomic E-state index is 11.8. The molecule has 1 amide bonds. The minimum Gasteiger partial charge on any atom is -0.342 e. The molecule has 1 N–H and O–H groups in total. The zero-order valence-corrected chi connectivity index (χ0v) is 10.4. The lowest BCUT2D eigenvalue weighted by atomic mass is 10.2.